The highest BCUT2D eigenvalue weighted by Crippen LogP contribution is 2.23. The molecule has 6 nitrogen and oxygen atoms in total. The van der Waals surface area contributed by atoms with Gasteiger partial charge in [0.2, 0.25) is 5.91 Å². The Labute approximate surface area is 111 Å². The van der Waals surface area contributed by atoms with E-state index in [0.29, 0.717) is 13.0 Å². The molecule has 2 rings (SSSR count). The van der Waals surface area contributed by atoms with Gasteiger partial charge < -0.3 is 10.6 Å². The van der Waals surface area contributed by atoms with Crippen LogP contribution in [0.3, 0.4) is 0 Å². The first kappa shape index (κ1) is 13.3. The maximum atomic E-state index is 11.9. The summed E-state index contributed by atoms with van der Waals surface area (Å²) in [6.45, 7) is 1.22. The van der Waals surface area contributed by atoms with Gasteiger partial charge in [-0.2, -0.15) is 0 Å². The summed E-state index contributed by atoms with van der Waals surface area (Å²) in [6, 6.07) is 4.63. The van der Waals surface area contributed by atoms with E-state index in [4.69, 9.17) is 5.73 Å². The lowest BCUT2D eigenvalue weighted by Crippen LogP contribution is -2.29. The van der Waals surface area contributed by atoms with Crippen LogP contribution in [-0.2, 0) is 11.3 Å². The topological polar surface area (TPSA) is 89.5 Å². The van der Waals surface area contributed by atoms with Gasteiger partial charge in [0.15, 0.2) is 0 Å². The smallest absolute Gasteiger partial charge is 0.292 e. The van der Waals surface area contributed by atoms with Crippen molar-refractivity contribution in [2.75, 3.05) is 12.3 Å². The summed E-state index contributed by atoms with van der Waals surface area (Å²) in [6.07, 6.45) is 3.61. The number of hydrogen-bond acceptors (Lipinski definition) is 4. The third-order valence-corrected chi connectivity index (χ3v) is 3.33. The molecule has 0 aliphatic carbocycles. The molecule has 1 fully saturated rings. The van der Waals surface area contributed by atoms with E-state index < -0.39 is 4.92 Å². The molecule has 1 amide bonds. The summed E-state index contributed by atoms with van der Waals surface area (Å²) in [5, 5.41) is 10.7. The molecule has 6 heteroatoms. The highest BCUT2D eigenvalue weighted by Gasteiger charge is 2.18. The fourth-order valence-electron chi connectivity index (χ4n) is 2.29. The van der Waals surface area contributed by atoms with Crippen molar-refractivity contribution in [1.29, 1.82) is 0 Å². The zero-order valence-corrected chi connectivity index (χ0v) is 10.7. The van der Waals surface area contributed by atoms with E-state index in [1.807, 2.05) is 0 Å². The van der Waals surface area contributed by atoms with E-state index in [2.05, 4.69) is 0 Å². The monoisotopic (exact) mass is 263 g/mol. The zero-order valence-electron chi connectivity index (χ0n) is 10.7. The van der Waals surface area contributed by atoms with Crippen molar-refractivity contribution in [1.82, 2.24) is 4.90 Å². The van der Waals surface area contributed by atoms with Gasteiger partial charge in [0.25, 0.3) is 5.69 Å². The average molecular weight is 263 g/mol. The van der Waals surface area contributed by atoms with Gasteiger partial charge >= 0.3 is 0 Å². The first-order valence-electron chi connectivity index (χ1n) is 6.38. The minimum atomic E-state index is -0.504. The van der Waals surface area contributed by atoms with Crippen LogP contribution in [0.4, 0.5) is 11.4 Å². The molecule has 19 heavy (non-hydrogen) atoms. The van der Waals surface area contributed by atoms with Crippen LogP contribution in [0.2, 0.25) is 0 Å². The SMILES string of the molecule is Nc1cc(CN2CCCCCC2=O)ccc1[N+](=O)[O-]. The lowest BCUT2D eigenvalue weighted by molar-refractivity contribution is -0.383. The van der Waals surface area contributed by atoms with Crippen molar-refractivity contribution in [2.45, 2.75) is 32.2 Å². The minimum Gasteiger partial charge on any atom is -0.393 e. The zero-order chi connectivity index (χ0) is 13.8. The van der Waals surface area contributed by atoms with E-state index >= 15 is 0 Å². The first-order valence-corrected chi connectivity index (χ1v) is 6.38. The Bertz CT molecular complexity index is 502. The molecule has 0 bridgehead atoms. The number of nitrogens with two attached hydrogens (primary N) is 1. The minimum absolute atomic E-state index is 0.0917. The van der Waals surface area contributed by atoms with Gasteiger partial charge in [0.1, 0.15) is 5.69 Å². The Balaban J connectivity index is 2.12. The number of amides is 1. The summed E-state index contributed by atoms with van der Waals surface area (Å²) in [5.41, 5.74) is 6.53. The number of nitro groups is 1. The highest BCUT2D eigenvalue weighted by molar-refractivity contribution is 5.76. The third kappa shape index (κ3) is 3.21. The Kier molecular flexibility index (Phi) is 3.99. The number of benzene rings is 1. The van der Waals surface area contributed by atoms with Crippen LogP contribution < -0.4 is 5.73 Å². The molecule has 1 aliphatic rings. The number of carbonyl (C=O) groups is 1. The molecule has 0 aromatic heterocycles. The largest absolute Gasteiger partial charge is 0.393 e. The molecule has 1 saturated heterocycles. The third-order valence-electron chi connectivity index (χ3n) is 3.33. The van der Waals surface area contributed by atoms with Gasteiger partial charge in [0, 0.05) is 25.6 Å². The number of carbonyl (C=O) groups excluding carboxylic acids is 1. The van der Waals surface area contributed by atoms with E-state index in [9.17, 15) is 14.9 Å². The van der Waals surface area contributed by atoms with E-state index in [0.717, 1.165) is 31.4 Å². The van der Waals surface area contributed by atoms with E-state index in [1.54, 1.807) is 17.0 Å². The second-order valence-electron chi connectivity index (χ2n) is 4.78. The van der Waals surface area contributed by atoms with Gasteiger partial charge in [-0.05, 0) is 24.5 Å². The lowest BCUT2D eigenvalue weighted by atomic mass is 10.1. The number of hydrogen-bond donors (Lipinski definition) is 1. The molecule has 0 unspecified atom stereocenters. The van der Waals surface area contributed by atoms with Gasteiger partial charge in [-0.3, -0.25) is 14.9 Å². The molecule has 1 aliphatic heterocycles. The molecule has 2 N–H and O–H groups in total. The maximum Gasteiger partial charge on any atom is 0.292 e. The summed E-state index contributed by atoms with van der Waals surface area (Å²) < 4.78 is 0. The maximum absolute atomic E-state index is 11.9. The fourth-order valence-corrected chi connectivity index (χ4v) is 2.29. The Morgan fingerprint density at radius 3 is 2.79 bits per heavy atom. The van der Waals surface area contributed by atoms with Crippen LogP contribution in [0.25, 0.3) is 0 Å². The number of rotatable bonds is 3. The summed E-state index contributed by atoms with van der Waals surface area (Å²) in [7, 11) is 0. The fraction of sp³-hybridized carbons (Fsp3) is 0.462. The molecule has 0 radical (unpaired) electrons. The predicted octanol–water partition coefficient (Wildman–Crippen LogP) is 2.08. The number of nitrogen functional groups attached to an aromatic ring is 1. The average Bonchev–Trinajstić information content (AvgIpc) is 2.55. The van der Waals surface area contributed by atoms with E-state index in [1.165, 1.54) is 6.07 Å². The number of anilines is 1. The molecular formula is C13H17N3O3. The van der Waals surface area contributed by atoms with Crippen LogP contribution in [0, 0.1) is 10.1 Å². The Morgan fingerprint density at radius 2 is 2.11 bits per heavy atom. The van der Waals surface area contributed by atoms with Gasteiger partial charge in [-0.1, -0.05) is 12.5 Å². The molecule has 1 aromatic rings. The van der Waals surface area contributed by atoms with E-state index in [-0.39, 0.29) is 17.3 Å². The number of nitro benzene ring substituents is 1. The quantitative estimate of drug-likeness (QED) is 0.513. The Hall–Kier alpha value is -2.11. The van der Waals surface area contributed by atoms with Crippen molar-refractivity contribution >= 4 is 17.3 Å². The highest BCUT2D eigenvalue weighted by atomic mass is 16.6. The molecular weight excluding hydrogens is 246 g/mol. The van der Waals surface area contributed by atoms with Gasteiger partial charge in [0.05, 0.1) is 4.92 Å². The molecule has 0 atom stereocenters. The molecule has 102 valence electrons. The normalized spacial score (nSPS) is 16.2. The second-order valence-corrected chi connectivity index (χ2v) is 4.78. The van der Waals surface area contributed by atoms with Crippen LogP contribution in [-0.4, -0.2) is 22.3 Å². The van der Waals surface area contributed by atoms with Crippen molar-refractivity contribution in [3.05, 3.63) is 33.9 Å². The van der Waals surface area contributed by atoms with Gasteiger partial charge in [-0.15, -0.1) is 0 Å². The first-order chi connectivity index (χ1) is 9.08. The van der Waals surface area contributed by atoms with Crippen molar-refractivity contribution in [3.63, 3.8) is 0 Å². The van der Waals surface area contributed by atoms with Crippen LogP contribution in [0.1, 0.15) is 31.2 Å². The summed E-state index contributed by atoms with van der Waals surface area (Å²) in [5.74, 6) is 0.148. The Morgan fingerprint density at radius 1 is 1.32 bits per heavy atom. The second kappa shape index (κ2) is 5.69. The van der Waals surface area contributed by atoms with Crippen molar-refractivity contribution in [2.24, 2.45) is 0 Å². The summed E-state index contributed by atoms with van der Waals surface area (Å²) >= 11 is 0. The standard InChI is InChI=1S/C13H17N3O3/c14-11-8-10(5-6-12(11)16(18)19)9-15-7-3-1-2-4-13(15)17/h5-6,8H,1-4,7,9,14H2. The summed E-state index contributed by atoms with van der Waals surface area (Å²) in [4.78, 5) is 23.8. The van der Waals surface area contributed by atoms with Crippen molar-refractivity contribution < 1.29 is 9.72 Å². The van der Waals surface area contributed by atoms with Crippen LogP contribution in [0.5, 0.6) is 0 Å². The molecule has 1 aromatic carbocycles. The van der Waals surface area contributed by atoms with Crippen LogP contribution >= 0.6 is 0 Å². The van der Waals surface area contributed by atoms with Crippen LogP contribution in [0.15, 0.2) is 18.2 Å². The van der Waals surface area contributed by atoms with Crippen molar-refractivity contribution in [3.8, 4) is 0 Å². The number of nitrogens with zero attached hydrogens (tertiary/aromatic N) is 2. The molecule has 0 spiro atoms. The number of likely N-dealkylation sites (tertiary alicyclic amines) is 1. The van der Waals surface area contributed by atoms with Gasteiger partial charge in [-0.25, -0.2) is 0 Å². The molecule has 1 heterocycles. The predicted molar refractivity (Wildman–Crippen MR) is 71.4 cm³/mol. The molecule has 0 saturated carbocycles. The lowest BCUT2D eigenvalue weighted by Gasteiger charge is -2.20.